The van der Waals surface area contributed by atoms with Crippen LogP contribution in [-0.4, -0.2) is 12.9 Å². The van der Waals surface area contributed by atoms with Crippen LogP contribution >= 0.6 is 0 Å². The Hall–Kier alpha value is -3.01. The molecule has 0 heterocycles. The average Bonchev–Trinajstić information content (AvgIpc) is 2.72. The predicted molar refractivity (Wildman–Crippen MR) is 107 cm³/mol. The molecule has 0 amide bonds. The van der Waals surface area contributed by atoms with Crippen LogP contribution in [0.25, 0.3) is 16.6 Å². The number of fused-ring (bicyclic) bond motifs is 3. The second kappa shape index (κ2) is 7.19. The molecule has 28 heavy (non-hydrogen) atoms. The molecule has 142 valence electrons. The molecular formula is C24H20F2O2. The molecule has 0 bridgehead atoms. The van der Waals surface area contributed by atoms with E-state index in [0.717, 1.165) is 10.8 Å². The highest BCUT2D eigenvalue weighted by molar-refractivity contribution is 6.06. The molecule has 0 aliphatic heterocycles. The number of carbonyl (C=O) groups is 1. The van der Waals surface area contributed by atoms with Gasteiger partial charge >= 0.3 is 0 Å². The number of allylic oxidation sites excluding steroid dienone is 1. The molecule has 4 heteroatoms. The number of ketones is 1. The van der Waals surface area contributed by atoms with Gasteiger partial charge in [0, 0.05) is 11.6 Å². The van der Waals surface area contributed by atoms with Crippen LogP contribution < -0.4 is 4.74 Å². The van der Waals surface area contributed by atoms with Gasteiger partial charge in [0.25, 0.3) is 0 Å². The van der Waals surface area contributed by atoms with Gasteiger partial charge in [0.1, 0.15) is 17.4 Å². The lowest BCUT2D eigenvalue weighted by Crippen LogP contribution is -2.25. The minimum atomic E-state index is -0.645. The molecule has 0 saturated heterocycles. The van der Waals surface area contributed by atoms with E-state index in [2.05, 4.69) is 0 Å². The second-order valence-electron chi connectivity index (χ2n) is 7.02. The zero-order valence-electron chi connectivity index (χ0n) is 15.7. The van der Waals surface area contributed by atoms with E-state index >= 15 is 0 Å². The van der Waals surface area contributed by atoms with E-state index in [9.17, 15) is 13.6 Å². The Labute approximate surface area is 162 Å². The van der Waals surface area contributed by atoms with Gasteiger partial charge in [-0.3, -0.25) is 4.79 Å². The highest BCUT2D eigenvalue weighted by atomic mass is 19.1. The molecular weight excluding hydrogens is 358 g/mol. The van der Waals surface area contributed by atoms with Crippen LogP contribution in [0.1, 0.15) is 40.7 Å². The maximum atomic E-state index is 14.8. The van der Waals surface area contributed by atoms with Crippen LogP contribution in [0.15, 0.2) is 60.7 Å². The van der Waals surface area contributed by atoms with Crippen molar-refractivity contribution in [3.8, 4) is 5.75 Å². The van der Waals surface area contributed by atoms with Crippen molar-refractivity contribution in [2.45, 2.75) is 19.3 Å². The molecule has 0 fully saturated rings. The molecule has 0 saturated carbocycles. The Morgan fingerprint density at radius 3 is 2.57 bits per heavy atom. The Bertz CT molecular complexity index is 1100. The molecule has 2 unspecified atom stereocenters. The maximum absolute atomic E-state index is 14.8. The standard InChI is InChI=1S/C24H20F2O2/c1-3-14-12-20(25)18-10-8-15-6-4-5-7-17(15)23(18)22(14)24(27)19-11-9-16(28-2)13-21(19)26/h4-14,22H,3H2,1-2H3. The van der Waals surface area contributed by atoms with E-state index < -0.39 is 11.7 Å². The van der Waals surface area contributed by atoms with E-state index in [0.29, 0.717) is 23.3 Å². The normalized spacial score (nSPS) is 18.5. The van der Waals surface area contributed by atoms with Crippen molar-refractivity contribution in [3.63, 3.8) is 0 Å². The van der Waals surface area contributed by atoms with Gasteiger partial charge in [0.2, 0.25) is 0 Å². The fourth-order valence-electron chi connectivity index (χ4n) is 4.10. The van der Waals surface area contributed by atoms with Gasteiger partial charge < -0.3 is 4.74 Å². The second-order valence-corrected chi connectivity index (χ2v) is 7.02. The van der Waals surface area contributed by atoms with E-state index in [-0.39, 0.29) is 23.1 Å². The van der Waals surface area contributed by atoms with Crippen molar-refractivity contribution < 1.29 is 18.3 Å². The number of rotatable bonds is 4. The number of Topliss-reactive ketones (excluding diaryl/α,β-unsaturated/α-hetero) is 1. The lowest BCUT2D eigenvalue weighted by atomic mass is 9.72. The molecule has 0 radical (unpaired) electrons. The molecule has 1 aliphatic rings. The molecule has 0 aromatic heterocycles. The molecule has 0 spiro atoms. The van der Waals surface area contributed by atoms with Crippen LogP contribution in [0.4, 0.5) is 8.78 Å². The van der Waals surface area contributed by atoms with Gasteiger partial charge in [-0.1, -0.05) is 43.3 Å². The first kappa shape index (κ1) is 18.4. The van der Waals surface area contributed by atoms with Crippen LogP contribution in [0, 0.1) is 11.7 Å². The number of hydrogen-bond donors (Lipinski definition) is 0. The number of ether oxygens (including phenoxy) is 1. The quantitative estimate of drug-likeness (QED) is 0.498. The summed E-state index contributed by atoms with van der Waals surface area (Å²) >= 11 is 0. The van der Waals surface area contributed by atoms with Gasteiger partial charge in [0.15, 0.2) is 5.78 Å². The van der Waals surface area contributed by atoms with Crippen molar-refractivity contribution in [2.24, 2.45) is 5.92 Å². The van der Waals surface area contributed by atoms with Crippen LogP contribution in [-0.2, 0) is 0 Å². The topological polar surface area (TPSA) is 26.3 Å². The first-order chi connectivity index (χ1) is 13.5. The van der Waals surface area contributed by atoms with Crippen LogP contribution in [0.3, 0.4) is 0 Å². The Balaban J connectivity index is 1.93. The largest absolute Gasteiger partial charge is 0.497 e. The fraction of sp³-hybridized carbons (Fsp3) is 0.208. The number of halogens is 2. The zero-order valence-corrected chi connectivity index (χ0v) is 15.7. The smallest absolute Gasteiger partial charge is 0.173 e. The third-order valence-corrected chi connectivity index (χ3v) is 5.52. The Morgan fingerprint density at radius 2 is 1.86 bits per heavy atom. The first-order valence-corrected chi connectivity index (χ1v) is 9.32. The van der Waals surface area contributed by atoms with Crippen LogP contribution in [0.2, 0.25) is 0 Å². The van der Waals surface area contributed by atoms with E-state index in [4.69, 9.17) is 4.74 Å². The lowest BCUT2D eigenvalue weighted by Gasteiger charge is -2.30. The molecule has 1 aliphatic carbocycles. The Morgan fingerprint density at radius 1 is 1.07 bits per heavy atom. The third kappa shape index (κ3) is 2.89. The van der Waals surface area contributed by atoms with Gasteiger partial charge in [-0.2, -0.15) is 0 Å². The summed E-state index contributed by atoms with van der Waals surface area (Å²) in [5, 5.41) is 1.76. The molecule has 2 atom stereocenters. The van der Waals surface area contributed by atoms with Gasteiger partial charge in [0.05, 0.1) is 18.6 Å². The third-order valence-electron chi connectivity index (χ3n) is 5.52. The summed E-state index contributed by atoms with van der Waals surface area (Å²) in [6.45, 7) is 1.91. The van der Waals surface area contributed by atoms with Crippen molar-refractivity contribution in [1.29, 1.82) is 0 Å². The van der Waals surface area contributed by atoms with Crippen LogP contribution in [0.5, 0.6) is 5.75 Å². The summed E-state index contributed by atoms with van der Waals surface area (Å²) < 4.78 is 34.5. The number of benzene rings is 3. The summed E-state index contributed by atoms with van der Waals surface area (Å²) in [4.78, 5) is 13.5. The van der Waals surface area contributed by atoms with Gasteiger partial charge in [-0.25, -0.2) is 8.78 Å². The highest BCUT2D eigenvalue weighted by Gasteiger charge is 2.37. The molecule has 3 aromatic rings. The molecule has 3 aromatic carbocycles. The predicted octanol–water partition coefficient (Wildman–Crippen LogP) is 6.30. The fourth-order valence-corrected chi connectivity index (χ4v) is 4.10. The monoisotopic (exact) mass is 378 g/mol. The molecule has 4 rings (SSSR count). The van der Waals surface area contributed by atoms with Crippen molar-refractivity contribution in [2.75, 3.05) is 7.11 Å². The minimum Gasteiger partial charge on any atom is -0.497 e. The number of hydrogen-bond acceptors (Lipinski definition) is 2. The van der Waals surface area contributed by atoms with Crippen molar-refractivity contribution in [3.05, 3.63) is 83.2 Å². The summed E-state index contributed by atoms with van der Waals surface area (Å²) in [6, 6.07) is 15.4. The SMILES string of the molecule is CCC1C=C(F)c2ccc3ccccc3c2C1C(=O)c1ccc(OC)cc1F. The van der Waals surface area contributed by atoms with Gasteiger partial charge in [-0.05, 0) is 46.9 Å². The van der Waals surface area contributed by atoms with E-state index in [1.165, 1.54) is 25.3 Å². The molecule has 0 N–H and O–H groups in total. The van der Waals surface area contributed by atoms with Gasteiger partial charge in [-0.15, -0.1) is 0 Å². The first-order valence-electron chi connectivity index (χ1n) is 9.32. The van der Waals surface area contributed by atoms with Crippen molar-refractivity contribution in [1.82, 2.24) is 0 Å². The maximum Gasteiger partial charge on any atom is 0.173 e. The Kier molecular flexibility index (Phi) is 4.71. The van der Waals surface area contributed by atoms with E-state index in [1.54, 1.807) is 12.1 Å². The highest BCUT2D eigenvalue weighted by Crippen LogP contribution is 2.45. The minimum absolute atomic E-state index is 0.00107. The molecule has 2 nitrogen and oxygen atoms in total. The average molecular weight is 378 g/mol. The van der Waals surface area contributed by atoms with Crippen molar-refractivity contribution >= 4 is 22.4 Å². The summed E-state index contributed by atoms with van der Waals surface area (Å²) in [6.07, 6.45) is 2.07. The summed E-state index contributed by atoms with van der Waals surface area (Å²) in [7, 11) is 1.44. The summed E-state index contributed by atoms with van der Waals surface area (Å²) in [5.41, 5.74) is 1.06. The number of methoxy groups -OCH3 is 1. The van der Waals surface area contributed by atoms with E-state index in [1.807, 2.05) is 37.3 Å². The zero-order chi connectivity index (χ0) is 19.8. The lowest BCUT2D eigenvalue weighted by molar-refractivity contribution is 0.0934. The summed E-state index contributed by atoms with van der Waals surface area (Å²) in [5.74, 6) is -1.93. The number of carbonyl (C=O) groups excluding carboxylic acids is 1.